The lowest BCUT2D eigenvalue weighted by Crippen LogP contribution is -2.40. The lowest BCUT2D eigenvalue weighted by Gasteiger charge is -2.31. The highest BCUT2D eigenvalue weighted by molar-refractivity contribution is 14.0. The van der Waals surface area contributed by atoms with Gasteiger partial charge in [-0.2, -0.15) is 0 Å². The van der Waals surface area contributed by atoms with Gasteiger partial charge >= 0.3 is 0 Å². The third-order valence-electron chi connectivity index (χ3n) is 6.55. The number of fused-ring (bicyclic) bond motifs is 1. The first-order chi connectivity index (χ1) is 15.6. The number of guanidine groups is 1. The van der Waals surface area contributed by atoms with Gasteiger partial charge < -0.3 is 16.0 Å². The molecule has 7 heteroatoms. The summed E-state index contributed by atoms with van der Waals surface area (Å²) in [6, 6.07) is 16.7. The zero-order valence-corrected chi connectivity index (χ0v) is 22.0. The molecular weight excluding hydrogens is 525 g/mol. The third kappa shape index (κ3) is 6.93. The molecule has 0 bridgehead atoms. The second kappa shape index (κ2) is 12.4. The molecule has 1 amide bonds. The van der Waals surface area contributed by atoms with Crippen LogP contribution in [0.25, 0.3) is 0 Å². The van der Waals surface area contributed by atoms with E-state index >= 15 is 0 Å². The molecule has 2 heterocycles. The van der Waals surface area contributed by atoms with Gasteiger partial charge in [0, 0.05) is 51.3 Å². The summed E-state index contributed by atoms with van der Waals surface area (Å²) in [5.74, 6) is 1.74. The zero-order valence-electron chi connectivity index (χ0n) is 19.6. The molecule has 2 aliphatic heterocycles. The predicted octanol–water partition coefficient (Wildman–Crippen LogP) is 4.33. The van der Waals surface area contributed by atoms with Crippen molar-refractivity contribution in [1.29, 1.82) is 0 Å². The molecule has 2 unspecified atom stereocenters. The number of nitrogens with zero attached hydrogens (tertiary/aromatic N) is 2. The van der Waals surface area contributed by atoms with Crippen LogP contribution in [0.15, 0.2) is 53.5 Å². The Morgan fingerprint density at radius 2 is 1.88 bits per heavy atom. The molecule has 0 aliphatic carbocycles. The second-order valence-corrected chi connectivity index (χ2v) is 9.09. The van der Waals surface area contributed by atoms with Gasteiger partial charge in [0.15, 0.2) is 5.96 Å². The summed E-state index contributed by atoms with van der Waals surface area (Å²) < 4.78 is 0. The highest BCUT2D eigenvalue weighted by Crippen LogP contribution is 2.31. The van der Waals surface area contributed by atoms with E-state index in [1.54, 1.807) is 7.05 Å². The number of nitrogens with one attached hydrogen (secondary N) is 3. The average molecular weight is 562 g/mol. The number of hydrogen-bond donors (Lipinski definition) is 3. The Bertz CT molecular complexity index is 963. The molecule has 6 nitrogen and oxygen atoms in total. The number of anilines is 1. The minimum atomic E-state index is 0. The first-order valence-corrected chi connectivity index (χ1v) is 11.7. The Labute approximate surface area is 214 Å². The van der Waals surface area contributed by atoms with E-state index in [0.717, 1.165) is 30.7 Å². The highest BCUT2D eigenvalue weighted by atomic mass is 127. The van der Waals surface area contributed by atoms with Crippen molar-refractivity contribution in [1.82, 2.24) is 15.5 Å². The van der Waals surface area contributed by atoms with Gasteiger partial charge in [0.05, 0.1) is 0 Å². The van der Waals surface area contributed by atoms with Crippen molar-refractivity contribution in [2.45, 2.75) is 45.2 Å². The summed E-state index contributed by atoms with van der Waals surface area (Å²) >= 11 is 0. The van der Waals surface area contributed by atoms with Gasteiger partial charge in [-0.25, -0.2) is 0 Å². The van der Waals surface area contributed by atoms with Crippen molar-refractivity contribution in [2.24, 2.45) is 10.9 Å². The van der Waals surface area contributed by atoms with E-state index in [4.69, 9.17) is 0 Å². The number of benzene rings is 2. The monoisotopic (exact) mass is 561 g/mol. The number of carbonyl (C=O) groups excluding carboxylic acids is 1. The molecule has 178 valence electrons. The molecule has 33 heavy (non-hydrogen) atoms. The Hall–Kier alpha value is -2.13. The van der Waals surface area contributed by atoms with E-state index in [1.165, 1.54) is 42.6 Å². The van der Waals surface area contributed by atoms with Crippen LogP contribution in [0.1, 0.15) is 48.8 Å². The van der Waals surface area contributed by atoms with Crippen molar-refractivity contribution in [2.75, 3.05) is 32.0 Å². The fourth-order valence-electron chi connectivity index (χ4n) is 4.86. The number of halogens is 1. The summed E-state index contributed by atoms with van der Waals surface area (Å²) in [5, 5.41) is 9.86. The highest BCUT2D eigenvalue weighted by Gasteiger charge is 2.24. The number of amides is 1. The quantitative estimate of drug-likeness (QED) is 0.279. The van der Waals surface area contributed by atoms with E-state index in [9.17, 15) is 4.79 Å². The second-order valence-electron chi connectivity index (χ2n) is 9.09. The molecule has 2 aromatic rings. The summed E-state index contributed by atoms with van der Waals surface area (Å²) in [7, 11) is 1.79. The van der Waals surface area contributed by atoms with E-state index in [-0.39, 0.29) is 35.8 Å². The lowest BCUT2D eigenvalue weighted by molar-refractivity contribution is -0.116. The van der Waals surface area contributed by atoms with Crippen LogP contribution in [0, 0.1) is 5.92 Å². The van der Waals surface area contributed by atoms with Gasteiger partial charge in [-0.1, -0.05) is 49.4 Å². The Balaban J connectivity index is 0.00000306. The molecule has 0 saturated carbocycles. The number of hydrogen-bond acceptors (Lipinski definition) is 3. The van der Waals surface area contributed by atoms with Gasteiger partial charge in [-0.05, 0) is 48.1 Å². The van der Waals surface area contributed by atoms with Crippen LogP contribution in [-0.2, 0) is 17.9 Å². The minimum absolute atomic E-state index is 0. The topological polar surface area (TPSA) is 68.8 Å². The van der Waals surface area contributed by atoms with E-state index in [1.807, 2.05) is 18.2 Å². The normalized spacial score (nSPS) is 20.9. The maximum absolute atomic E-state index is 12.1. The molecule has 1 saturated heterocycles. The van der Waals surface area contributed by atoms with Crippen molar-refractivity contribution in [3.63, 3.8) is 0 Å². The average Bonchev–Trinajstić information content (AvgIpc) is 2.80. The molecule has 0 aromatic heterocycles. The van der Waals surface area contributed by atoms with Crippen LogP contribution < -0.4 is 16.0 Å². The molecule has 2 aliphatic rings. The molecule has 2 aromatic carbocycles. The third-order valence-corrected chi connectivity index (χ3v) is 6.55. The number of piperidine rings is 1. The van der Waals surface area contributed by atoms with Crippen LogP contribution >= 0.6 is 24.0 Å². The Morgan fingerprint density at radius 3 is 2.67 bits per heavy atom. The number of aliphatic imine (C=N–C) groups is 1. The number of carbonyl (C=O) groups is 1. The zero-order chi connectivity index (χ0) is 22.3. The first kappa shape index (κ1) is 25.5. The number of para-hydroxylation sites is 1. The molecule has 0 spiro atoms. The molecular formula is C26H36IN5O. The largest absolute Gasteiger partial charge is 0.356 e. The van der Waals surface area contributed by atoms with Crippen LogP contribution in [0.3, 0.4) is 0 Å². The SMILES string of the molecule is CN=C(NCc1ccccc1CN1CCCC(C)C1)NCC1CC(=O)Nc2ccccc21.I. The lowest BCUT2D eigenvalue weighted by atomic mass is 9.90. The number of rotatable bonds is 6. The maximum Gasteiger partial charge on any atom is 0.225 e. The summed E-state index contributed by atoms with van der Waals surface area (Å²) in [6.45, 7) is 7.11. The van der Waals surface area contributed by atoms with Crippen LogP contribution in [0.4, 0.5) is 5.69 Å². The molecule has 2 atom stereocenters. The maximum atomic E-state index is 12.1. The van der Waals surface area contributed by atoms with Gasteiger partial charge in [0.1, 0.15) is 0 Å². The molecule has 3 N–H and O–H groups in total. The molecule has 1 fully saturated rings. The van der Waals surface area contributed by atoms with Crippen molar-refractivity contribution < 1.29 is 4.79 Å². The van der Waals surface area contributed by atoms with Crippen molar-refractivity contribution in [3.8, 4) is 0 Å². The van der Waals surface area contributed by atoms with E-state index in [2.05, 4.69) is 63.1 Å². The minimum Gasteiger partial charge on any atom is -0.356 e. The van der Waals surface area contributed by atoms with Crippen LogP contribution in [0.5, 0.6) is 0 Å². The molecule has 0 radical (unpaired) electrons. The van der Waals surface area contributed by atoms with Crippen LogP contribution in [0.2, 0.25) is 0 Å². The summed E-state index contributed by atoms with van der Waals surface area (Å²) in [5.41, 5.74) is 4.77. The van der Waals surface area contributed by atoms with E-state index < -0.39 is 0 Å². The predicted molar refractivity (Wildman–Crippen MR) is 146 cm³/mol. The van der Waals surface area contributed by atoms with Crippen LogP contribution in [-0.4, -0.2) is 43.4 Å². The van der Waals surface area contributed by atoms with Gasteiger partial charge in [0.2, 0.25) is 5.91 Å². The van der Waals surface area contributed by atoms with Crippen molar-refractivity contribution >= 4 is 41.5 Å². The van der Waals surface area contributed by atoms with Crippen molar-refractivity contribution in [3.05, 3.63) is 65.2 Å². The first-order valence-electron chi connectivity index (χ1n) is 11.7. The standard InChI is InChI=1S/C26H35N5O.HI/c1-19-8-7-13-31(17-19)18-21-10-4-3-9-20(21)15-28-26(27-2)29-16-22-14-25(32)30-24-12-6-5-11-23(22)24;/h3-6,9-12,19,22H,7-8,13-18H2,1-2H3,(H,30,32)(H2,27,28,29);1H. The van der Waals surface area contributed by atoms with Gasteiger partial charge in [-0.3, -0.25) is 14.7 Å². The van der Waals surface area contributed by atoms with Gasteiger partial charge in [-0.15, -0.1) is 24.0 Å². The fraction of sp³-hybridized carbons (Fsp3) is 0.462. The smallest absolute Gasteiger partial charge is 0.225 e. The fourth-order valence-corrected chi connectivity index (χ4v) is 4.86. The molecule has 4 rings (SSSR count). The number of likely N-dealkylation sites (tertiary alicyclic amines) is 1. The Kier molecular flexibility index (Phi) is 9.55. The summed E-state index contributed by atoms with van der Waals surface area (Å²) in [4.78, 5) is 19.1. The van der Waals surface area contributed by atoms with Gasteiger partial charge in [0.25, 0.3) is 0 Å². The van der Waals surface area contributed by atoms with E-state index in [0.29, 0.717) is 13.0 Å². The summed E-state index contributed by atoms with van der Waals surface area (Å²) in [6.07, 6.45) is 3.12. The Morgan fingerprint density at radius 1 is 1.12 bits per heavy atom.